The second-order valence-electron chi connectivity index (χ2n) is 4.68. The van der Waals surface area contributed by atoms with Crippen LogP contribution in [0, 0.1) is 0 Å². The molecule has 0 saturated carbocycles. The second-order valence-corrected chi connectivity index (χ2v) is 5.12. The number of ether oxygens (including phenoxy) is 1. The summed E-state index contributed by atoms with van der Waals surface area (Å²) < 4.78 is 4.95. The lowest BCUT2D eigenvalue weighted by molar-refractivity contribution is -0.119. The van der Waals surface area contributed by atoms with Crippen molar-refractivity contribution in [3.63, 3.8) is 0 Å². The first-order valence-corrected chi connectivity index (χ1v) is 7.27. The highest BCUT2D eigenvalue weighted by Gasteiger charge is 2.10. The lowest BCUT2D eigenvalue weighted by atomic mass is 10.1. The van der Waals surface area contributed by atoms with E-state index in [1.54, 1.807) is 24.3 Å². The van der Waals surface area contributed by atoms with Gasteiger partial charge in [-0.05, 0) is 48.4 Å². The molecule has 2 aromatic rings. The normalized spacial score (nSPS) is 10.1. The van der Waals surface area contributed by atoms with Gasteiger partial charge in [0.25, 0.3) is 5.91 Å². The van der Waals surface area contributed by atoms with Crippen LogP contribution in [0.15, 0.2) is 48.5 Å². The Kier molecular flexibility index (Phi) is 5.55. The lowest BCUT2D eigenvalue weighted by Crippen LogP contribution is -2.20. The molecular formula is C17H16ClNO3. The van der Waals surface area contributed by atoms with E-state index in [0.717, 1.165) is 6.42 Å². The highest BCUT2D eigenvalue weighted by atomic mass is 35.5. The summed E-state index contributed by atoms with van der Waals surface area (Å²) in [4.78, 5) is 23.5. The summed E-state index contributed by atoms with van der Waals surface area (Å²) in [6.45, 7) is 1.72. The molecular weight excluding hydrogens is 302 g/mol. The van der Waals surface area contributed by atoms with Gasteiger partial charge >= 0.3 is 5.97 Å². The number of esters is 1. The topological polar surface area (TPSA) is 55.4 Å². The van der Waals surface area contributed by atoms with Crippen LogP contribution in [0.25, 0.3) is 0 Å². The molecule has 0 spiro atoms. The van der Waals surface area contributed by atoms with Crippen LogP contribution in [0.4, 0.5) is 5.69 Å². The maximum atomic E-state index is 11.8. The van der Waals surface area contributed by atoms with E-state index >= 15 is 0 Å². The number of hydrogen-bond donors (Lipinski definition) is 1. The van der Waals surface area contributed by atoms with Crippen LogP contribution in [-0.4, -0.2) is 18.5 Å². The van der Waals surface area contributed by atoms with Gasteiger partial charge in [0, 0.05) is 10.7 Å². The summed E-state index contributed by atoms with van der Waals surface area (Å²) in [5, 5.41) is 3.20. The van der Waals surface area contributed by atoms with Gasteiger partial charge in [-0.1, -0.05) is 30.7 Å². The van der Waals surface area contributed by atoms with Gasteiger partial charge in [-0.15, -0.1) is 0 Å². The smallest absolute Gasteiger partial charge is 0.338 e. The van der Waals surface area contributed by atoms with E-state index in [4.69, 9.17) is 16.3 Å². The van der Waals surface area contributed by atoms with Crippen LogP contribution < -0.4 is 5.32 Å². The Morgan fingerprint density at radius 2 is 1.68 bits per heavy atom. The molecule has 114 valence electrons. The third kappa shape index (κ3) is 4.60. The predicted octanol–water partition coefficient (Wildman–Crippen LogP) is 3.70. The highest BCUT2D eigenvalue weighted by Crippen LogP contribution is 2.11. The molecule has 0 unspecified atom stereocenters. The van der Waals surface area contributed by atoms with E-state index in [-0.39, 0.29) is 12.5 Å². The van der Waals surface area contributed by atoms with Gasteiger partial charge in [0.05, 0.1) is 5.56 Å². The van der Waals surface area contributed by atoms with Crippen LogP contribution in [0.3, 0.4) is 0 Å². The zero-order chi connectivity index (χ0) is 15.9. The van der Waals surface area contributed by atoms with Crippen molar-refractivity contribution in [1.82, 2.24) is 0 Å². The van der Waals surface area contributed by atoms with Crippen LogP contribution in [0.5, 0.6) is 0 Å². The molecule has 1 amide bonds. The van der Waals surface area contributed by atoms with Crippen molar-refractivity contribution < 1.29 is 14.3 Å². The van der Waals surface area contributed by atoms with E-state index in [9.17, 15) is 9.59 Å². The number of rotatable bonds is 5. The molecule has 4 nitrogen and oxygen atoms in total. The predicted molar refractivity (Wildman–Crippen MR) is 86.2 cm³/mol. The molecule has 0 radical (unpaired) electrons. The zero-order valence-electron chi connectivity index (χ0n) is 12.1. The maximum Gasteiger partial charge on any atom is 0.338 e. The van der Waals surface area contributed by atoms with Gasteiger partial charge in [-0.3, -0.25) is 4.79 Å². The molecule has 1 N–H and O–H groups in total. The molecule has 0 aromatic heterocycles. The Morgan fingerprint density at radius 1 is 1.05 bits per heavy atom. The quantitative estimate of drug-likeness (QED) is 0.855. The van der Waals surface area contributed by atoms with E-state index in [1.165, 1.54) is 5.56 Å². The molecule has 0 aliphatic carbocycles. The second kappa shape index (κ2) is 7.61. The lowest BCUT2D eigenvalue weighted by Gasteiger charge is -2.07. The summed E-state index contributed by atoms with van der Waals surface area (Å²) in [6.07, 6.45) is 0.937. The van der Waals surface area contributed by atoms with Crippen molar-refractivity contribution in [2.24, 2.45) is 0 Å². The Labute approximate surface area is 134 Å². The summed E-state index contributed by atoms with van der Waals surface area (Å²) in [7, 11) is 0. The molecule has 0 saturated heterocycles. The Morgan fingerprint density at radius 3 is 2.27 bits per heavy atom. The standard InChI is InChI=1S/C17H16ClNO3/c1-2-12-3-9-15(10-4-12)19-16(20)11-22-17(21)13-5-7-14(18)8-6-13/h3-10H,2,11H2,1H3,(H,19,20). The zero-order valence-corrected chi connectivity index (χ0v) is 12.9. The molecule has 5 heteroatoms. The van der Waals surface area contributed by atoms with Gasteiger partial charge in [-0.2, -0.15) is 0 Å². The number of hydrogen-bond acceptors (Lipinski definition) is 3. The SMILES string of the molecule is CCc1ccc(NC(=O)COC(=O)c2ccc(Cl)cc2)cc1. The molecule has 0 heterocycles. The number of carbonyl (C=O) groups excluding carboxylic acids is 2. The monoisotopic (exact) mass is 317 g/mol. The first kappa shape index (κ1) is 16.0. The third-order valence-corrected chi connectivity index (χ3v) is 3.31. The first-order valence-electron chi connectivity index (χ1n) is 6.90. The molecule has 0 aliphatic rings. The summed E-state index contributed by atoms with van der Waals surface area (Å²) in [5.74, 6) is -0.945. The molecule has 0 bridgehead atoms. The minimum atomic E-state index is -0.562. The number of halogens is 1. The Balaban J connectivity index is 1.84. The number of anilines is 1. The van der Waals surface area contributed by atoms with Gasteiger partial charge in [-0.25, -0.2) is 4.79 Å². The van der Waals surface area contributed by atoms with Gasteiger partial charge in [0.2, 0.25) is 0 Å². The number of carbonyl (C=O) groups is 2. The van der Waals surface area contributed by atoms with Crippen LogP contribution in [0.2, 0.25) is 5.02 Å². The Bertz CT molecular complexity index is 651. The number of nitrogens with one attached hydrogen (secondary N) is 1. The summed E-state index contributed by atoms with van der Waals surface area (Å²) >= 11 is 5.74. The van der Waals surface area contributed by atoms with Gasteiger partial charge in [0.1, 0.15) is 0 Å². The van der Waals surface area contributed by atoms with Crippen molar-refractivity contribution in [2.45, 2.75) is 13.3 Å². The minimum Gasteiger partial charge on any atom is -0.452 e. The first-order chi connectivity index (χ1) is 10.6. The van der Waals surface area contributed by atoms with Crippen molar-refractivity contribution in [3.05, 3.63) is 64.7 Å². The van der Waals surface area contributed by atoms with Gasteiger partial charge < -0.3 is 10.1 Å². The van der Waals surface area contributed by atoms with Crippen LogP contribution in [0.1, 0.15) is 22.8 Å². The fourth-order valence-corrected chi connectivity index (χ4v) is 1.95. The molecule has 2 rings (SSSR count). The van der Waals surface area contributed by atoms with Crippen molar-refractivity contribution in [1.29, 1.82) is 0 Å². The molecule has 0 fully saturated rings. The number of benzene rings is 2. The van der Waals surface area contributed by atoms with Crippen molar-refractivity contribution >= 4 is 29.2 Å². The number of amides is 1. The highest BCUT2D eigenvalue weighted by molar-refractivity contribution is 6.30. The molecule has 0 atom stereocenters. The average Bonchev–Trinajstić information content (AvgIpc) is 2.54. The fourth-order valence-electron chi connectivity index (χ4n) is 1.82. The van der Waals surface area contributed by atoms with E-state index < -0.39 is 5.97 Å². The summed E-state index contributed by atoms with van der Waals surface area (Å²) in [6, 6.07) is 13.8. The molecule has 22 heavy (non-hydrogen) atoms. The van der Waals surface area contributed by atoms with E-state index in [1.807, 2.05) is 24.3 Å². The van der Waals surface area contributed by atoms with Crippen LogP contribution in [-0.2, 0) is 16.0 Å². The number of aryl methyl sites for hydroxylation is 1. The van der Waals surface area contributed by atoms with Crippen LogP contribution >= 0.6 is 11.6 Å². The van der Waals surface area contributed by atoms with Crippen molar-refractivity contribution in [3.8, 4) is 0 Å². The molecule has 2 aromatic carbocycles. The maximum absolute atomic E-state index is 11.8. The fraction of sp³-hybridized carbons (Fsp3) is 0.176. The molecule has 0 aliphatic heterocycles. The van der Waals surface area contributed by atoms with E-state index in [0.29, 0.717) is 16.3 Å². The van der Waals surface area contributed by atoms with Crippen molar-refractivity contribution in [2.75, 3.05) is 11.9 Å². The third-order valence-electron chi connectivity index (χ3n) is 3.06. The average molecular weight is 318 g/mol. The minimum absolute atomic E-state index is 0.336. The van der Waals surface area contributed by atoms with Gasteiger partial charge in [0.15, 0.2) is 6.61 Å². The summed E-state index contributed by atoms with van der Waals surface area (Å²) in [5.41, 5.74) is 2.21. The van der Waals surface area contributed by atoms with E-state index in [2.05, 4.69) is 12.2 Å². The largest absolute Gasteiger partial charge is 0.452 e. The Hall–Kier alpha value is -2.33.